The van der Waals surface area contributed by atoms with Crippen molar-refractivity contribution in [2.75, 3.05) is 26.4 Å². The van der Waals surface area contributed by atoms with Gasteiger partial charge in [0.05, 0.1) is 19.8 Å². The van der Waals surface area contributed by atoms with Gasteiger partial charge in [-0.15, -0.1) is 0 Å². The van der Waals surface area contributed by atoms with Gasteiger partial charge in [0, 0.05) is 12.6 Å². The van der Waals surface area contributed by atoms with Crippen LogP contribution in [-0.2, 0) is 4.74 Å². The molecule has 1 fully saturated rings. The predicted molar refractivity (Wildman–Crippen MR) is 52.8 cm³/mol. The first-order chi connectivity index (χ1) is 6.43. The summed E-state index contributed by atoms with van der Waals surface area (Å²) in [4.78, 5) is 0. The zero-order valence-corrected chi connectivity index (χ0v) is 8.30. The van der Waals surface area contributed by atoms with Crippen LogP contribution in [0, 0.1) is 0 Å². The van der Waals surface area contributed by atoms with Crippen molar-refractivity contribution in [3.63, 3.8) is 0 Å². The van der Waals surface area contributed by atoms with Crippen LogP contribution >= 0.6 is 0 Å². The second-order valence-corrected chi connectivity index (χ2v) is 3.63. The zero-order valence-electron chi connectivity index (χ0n) is 8.30. The van der Waals surface area contributed by atoms with E-state index in [0.717, 1.165) is 13.2 Å². The van der Waals surface area contributed by atoms with Crippen molar-refractivity contribution in [3.8, 4) is 0 Å². The Labute approximate surface area is 80.5 Å². The summed E-state index contributed by atoms with van der Waals surface area (Å²) < 4.78 is 5.16. The molecule has 0 heterocycles. The van der Waals surface area contributed by atoms with Crippen molar-refractivity contribution in [1.82, 2.24) is 5.32 Å². The Morgan fingerprint density at radius 3 is 2.62 bits per heavy atom. The largest absolute Gasteiger partial charge is 0.394 e. The Morgan fingerprint density at radius 2 is 1.92 bits per heavy atom. The third kappa shape index (κ3) is 5.24. The van der Waals surface area contributed by atoms with Crippen LogP contribution in [0.15, 0.2) is 0 Å². The normalized spacial score (nSPS) is 19.2. The minimum absolute atomic E-state index is 0.128. The van der Waals surface area contributed by atoms with Gasteiger partial charge in [0.25, 0.3) is 0 Å². The minimum Gasteiger partial charge on any atom is -0.394 e. The summed E-state index contributed by atoms with van der Waals surface area (Å²) in [6.07, 6.45) is 6.78. The lowest BCUT2D eigenvalue weighted by atomic mass is 9.96. The van der Waals surface area contributed by atoms with Crippen LogP contribution in [0.2, 0.25) is 0 Å². The predicted octanol–water partition coefficient (Wildman–Crippen LogP) is 0.918. The van der Waals surface area contributed by atoms with Gasteiger partial charge < -0.3 is 15.2 Å². The molecule has 2 N–H and O–H groups in total. The van der Waals surface area contributed by atoms with Gasteiger partial charge in [-0.2, -0.15) is 0 Å². The Hall–Kier alpha value is -0.120. The van der Waals surface area contributed by atoms with Gasteiger partial charge >= 0.3 is 0 Å². The molecule has 0 aromatic rings. The molecule has 0 aliphatic heterocycles. The number of rotatable bonds is 6. The number of aliphatic hydroxyl groups excluding tert-OH is 1. The van der Waals surface area contributed by atoms with E-state index in [9.17, 15) is 0 Å². The topological polar surface area (TPSA) is 41.5 Å². The number of aliphatic hydroxyl groups is 1. The van der Waals surface area contributed by atoms with Crippen molar-refractivity contribution in [2.24, 2.45) is 0 Å². The Kier molecular flexibility index (Phi) is 6.15. The van der Waals surface area contributed by atoms with Crippen molar-refractivity contribution in [1.29, 1.82) is 0 Å². The Bertz CT molecular complexity index is 113. The van der Waals surface area contributed by atoms with Crippen LogP contribution in [0.1, 0.15) is 32.1 Å². The maximum absolute atomic E-state index is 8.47. The molecule has 1 rings (SSSR count). The highest BCUT2D eigenvalue weighted by molar-refractivity contribution is 4.71. The average molecular weight is 187 g/mol. The smallest absolute Gasteiger partial charge is 0.0698 e. The molecule has 3 nitrogen and oxygen atoms in total. The summed E-state index contributed by atoms with van der Waals surface area (Å²) >= 11 is 0. The number of nitrogens with one attached hydrogen (secondary N) is 1. The first-order valence-electron chi connectivity index (χ1n) is 5.35. The molecule has 13 heavy (non-hydrogen) atoms. The van der Waals surface area contributed by atoms with Gasteiger partial charge in [0.15, 0.2) is 0 Å². The second-order valence-electron chi connectivity index (χ2n) is 3.63. The fourth-order valence-corrected chi connectivity index (χ4v) is 1.81. The van der Waals surface area contributed by atoms with Crippen molar-refractivity contribution in [3.05, 3.63) is 0 Å². The van der Waals surface area contributed by atoms with Crippen molar-refractivity contribution < 1.29 is 9.84 Å². The van der Waals surface area contributed by atoms with Gasteiger partial charge in [-0.1, -0.05) is 19.3 Å². The highest BCUT2D eigenvalue weighted by Crippen LogP contribution is 2.16. The molecule has 1 saturated carbocycles. The molecular weight excluding hydrogens is 166 g/mol. The van der Waals surface area contributed by atoms with E-state index in [1.54, 1.807) is 0 Å². The van der Waals surface area contributed by atoms with E-state index in [4.69, 9.17) is 9.84 Å². The first kappa shape index (κ1) is 11.0. The number of hydrogen-bond acceptors (Lipinski definition) is 3. The molecule has 3 heteroatoms. The van der Waals surface area contributed by atoms with E-state index in [0.29, 0.717) is 12.6 Å². The second kappa shape index (κ2) is 7.30. The van der Waals surface area contributed by atoms with Gasteiger partial charge in [-0.25, -0.2) is 0 Å². The summed E-state index contributed by atoms with van der Waals surface area (Å²) in [5, 5.41) is 11.9. The Balaban J connectivity index is 1.86. The quantitative estimate of drug-likeness (QED) is 0.607. The maximum Gasteiger partial charge on any atom is 0.0698 e. The minimum atomic E-state index is 0.128. The summed E-state index contributed by atoms with van der Waals surface area (Å²) in [7, 11) is 0. The van der Waals surface area contributed by atoms with Crippen LogP contribution in [0.3, 0.4) is 0 Å². The maximum atomic E-state index is 8.47. The third-order valence-electron chi connectivity index (χ3n) is 2.52. The lowest BCUT2D eigenvalue weighted by molar-refractivity contribution is 0.0918. The van der Waals surface area contributed by atoms with Crippen molar-refractivity contribution in [2.45, 2.75) is 38.1 Å². The molecule has 0 spiro atoms. The van der Waals surface area contributed by atoms with E-state index in [2.05, 4.69) is 5.32 Å². The van der Waals surface area contributed by atoms with E-state index in [1.165, 1.54) is 32.1 Å². The summed E-state index contributed by atoms with van der Waals surface area (Å²) in [6.45, 7) is 2.23. The van der Waals surface area contributed by atoms with Crippen LogP contribution in [0.4, 0.5) is 0 Å². The summed E-state index contributed by atoms with van der Waals surface area (Å²) in [5.41, 5.74) is 0. The number of ether oxygens (including phenoxy) is 1. The average Bonchev–Trinajstić information content (AvgIpc) is 2.19. The van der Waals surface area contributed by atoms with Crippen LogP contribution < -0.4 is 5.32 Å². The van der Waals surface area contributed by atoms with E-state index in [-0.39, 0.29) is 6.61 Å². The molecule has 0 unspecified atom stereocenters. The van der Waals surface area contributed by atoms with E-state index < -0.39 is 0 Å². The first-order valence-corrected chi connectivity index (χ1v) is 5.35. The van der Waals surface area contributed by atoms with Gasteiger partial charge in [0.2, 0.25) is 0 Å². The summed E-state index contributed by atoms with van der Waals surface area (Å²) in [6, 6.07) is 0.714. The van der Waals surface area contributed by atoms with E-state index in [1.807, 2.05) is 0 Å². The fourth-order valence-electron chi connectivity index (χ4n) is 1.81. The van der Waals surface area contributed by atoms with E-state index >= 15 is 0 Å². The molecule has 0 aromatic heterocycles. The van der Waals surface area contributed by atoms with Gasteiger partial charge in [-0.05, 0) is 12.8 Å². The summed E-state index contributed by atoms with van der Waals surface area (Å²) in [5.74, 6) is 0. The highest BCUT2D eigenvalue weighted by Gasteiger charge is 2.11. The van der Waals surface area contributed by atoms with Gasteiger partial charge in [0.1, 0.15) is 0 Å². The molecule has 0 atom stereocenters. The highest BCUT2D eigenvalue weighted by atomic mass is 16.5. The molecule has 78 valence electrons. The number of hydrogen-bond donors (Lipinski definition) is 2. The molecule has 0 radical (unpaired) electrons. The standard InChI is InChI=1S/C10H21NO2/c12-7-9-13-8-6-11-10-4-2-1-3-5-10/h10-12H,1-9H2. The molecule has 0 amide bonds. The third-order valence-corrected chi connectivity index (χ3v) is 2.52. The Morgan fingerprint density at radius 1 is 1.15 bits per heavy atom. The lowest BCUT2D eigenvalue weighted by Gasteiger charge is -2.22. The van der Waals surface area contributed by atoms with Crippen molar-refractivity contribution >= 4 is 0 Å². The molecular formula is C10H21NO2. The fraction of sp³-hybridized carbons (Fsp3) is 1.00. The SMILES string of the molecule is OCCOCCNC1CCCCC1. The lowest BCUT2D eigenvalue weighted by Crippen LogP contribution is -2.33. The molecule has 1 aliphatic carbocycles. The monoisotopic (exact) mass is 187 g/mol. The van der Waals surface area contributed by atoms with Crippen LogP contribution in [-0.4, -0.2) is 37.5 Å². The van der Waals surface area contributed by atoms with Crippen LogP contribution in [0.5, 0.6) is 0 Å². The molecule has 1 aliphatic rings. The molecule has 0 saturated heterocycles. The molecule has 0 bridgehead atoms. The van der Waals surface area contributed by atoms with Crippen LogP contribution in [0.25, 0.3) is 0 Å². The molecule has 0 aromatic carbocycles. The van der Waals surface area contributed by atoms with Gasteiger partial charge in [-0.3, -0.25) is 0 Å². The zero-order chi connectivity index (χ0) is 9.36.